The molecule has 0 N–H and O–H groups in total. The molecule has 1 heterocycles. The minimum atomic E-state index is -0.195. The number of amides is 1. The van der Waals surface area contributed by atoms with Crippen molar-refractivity contribution in [3.8, 4) is 0 Å². The highest BCUT2D eigenvalue weighted by Gasteiger charge is 2.09. The van der Waals surface area contributed by atoms with Crippen LogP contribution in [0, 0.1) is 10.5 Å². The van der Waals surface area contributed by atoms with Gasteiger partial charge in [0.1, 0.15) is 0 Å². The summed E-state index contributed by atoms with van der Waals surface area (Å²) in [7, 11) is 1.94. The van der Waals surface area contributed by atoms with Crippen LogP contribution < -0.4 is 4.80 Å². The lowest BCUT2D eigenvalue weighted by Crippen LogP contribution is -2.13. The molecule has 0 saturated carbocycles. The van der Waals surface area contributed by atoms with Gasteiger partial charge in [-0.3, -0.25) is 4.79 Å². The van der Waals surface area contributed by atoms with Crippen molar-refractivity contribution in [2.45, 2.75) is 6.92 Å². The molecule has 0 atom stereocenters. The molecule has 21 heavy (non-hydrogen) atoms. The summed E-state index contributed by atoms with van der Waals surface area (Å²) in [6.45, 7) is 2.06. The number of hydrogen-bond donors (Lipinski definition) is 0. The number of aryl methyl sites for hydroxylation is 2. The Morgan fingerprint density at radius 1 is 1.24 bits per heavy atom. The Balaban J connectivity index is 2.14. The molecule has 5 heteroatoms. The lowest BCUT2D eigenvalue weighted by atomic mass is 10.2. The maximum absolute atomic E-state index is 12.4. The Morgan fingerprint density at radius 2 is 2.00 bits per heavy atom. The monoisotopic (exact) mass is 408 g/mol. The van der Waals surface area contributed by atoms with Crippen molar-refractivity contribution in [2.24, 2.45) is 12.0 Å². The molecule has 0 unspecified atom stereocenters. The van der Waals surface area contributed by atoms with Gasteiger partial charge in [-0.15, -0.1) is 0 Å². The maximum Gasteiger partial charge on any atom is 0.280 e. The van der Waals surface area contributed by atoms with Crippen LogP contribution in [0.2, 0.25) is 0 Å². The van der Waals surface area contributed by atoms with E-state index in [-0.39, 0.29) is 5.91 Å². The molecule has 0 aliphatic heterocycles. The predicted octanol–water partition coefficient (Wildman–Crippen LogP) is 3.89. The van der Waals surface area contributed by atoms with Gasteiger partial charge in [-0.05, 0) is 59.3 Å². The summed E-state index contributed by atoms with van der Waals surface area (Å²) in [6, 6.07) is 13.8. The average molecular weight is 408 g/mol. The predicted molar refractivity (Wildman–Crippen MR) is 94.6 cm³/mol. The van der Waals surface area contributed by atoms with Crippen LogP contribution >= 0.6 is 33.9 Å². The summed E-state index contributed by atoms with van der Waals surface area (Å²) in [5, 5.41) is 0. The van der Waals surface area contributed by atoms with Gasteiger partial charge in [-0.25, -0.2) is 0 Å². The van der Waals surface area contributed by atoms with E-state index in [0.717, 1.165) is 18.6 Å². The van der Waals surface area contributed by atoms with E-state index < -0.39 is 0 Å². The SMILES string of the molecule is Cc1ccc2c(c1)sc(=NC(=O)c1ccccc1I)n2C. The normalized spacial score (nSPS) is 12.0. The molecule has 0 saturated heterocycles. The summed E-state index contributed by atoms with van der Waals surface area (Å²) in [4.78, 5) is 17.4. The van der Waals surface area contributed by atoms with Gasteiger partial charge in [0.05, 0.1) is 15.8 Å². The Hall–Kier alpha value is -1.47. The number of rotatable bonds is 1. The molecule has 0 spiro atoms. The molecule has 0 radical (unpaired) electrons. The maximum atomic E-state index is 12.4. The van der Waals surface area contributed by atoms with Gasteiger partial charge in [-0.1, -0.05) is 29.5 Å². The molecule has 3 nitrogen and oxygen atoms in total. The van der Waals surface area contributed by atoms with Crippen molar-refractivity contribution < 1.29 is 4.79 Å². The Bertz CT molecular complexity index is 908. The first-order chi connectivity index (χ1) is 10.1. The third-order valence-electron chi connectivity index (χ3n) is 3.27. The number of halogens is 1. The smallest absolute Gasteiger partial charge is 0.280 e. The lowest BCUT2D eigenvalue weighted by Gasteiger charge is -1.98. The third-order valence-corrected chi connectivity index (χ3v) is 5.30. The number of benzene rings is 2. The van der Waals surface area contributed by atoms with E-state index in [1.54, 1.807) is 0 Å². The summed E-state index contributed by atoms with van der Waals surface area (Å²) in [6.07, 6.45) is 0. The number of carbonyl (C=O) groups is 1. The van der Waals surface area contributed by atoms with Crippen molar-refractivity contribution in [1.82, 2.24) is 4.57 Å². The molecule has 0 aliphatic carbocycles. The van der Waals surface area contributed by atoms with Crippen molar-refractivity contribution in [2.75, 3.05) is 0 Å². The van der Waals surface area contributed by atoms with Crippen LogP contribution in [0.4, 0.5) is 0 Å². The summed E-state index contributed by atoms with van der Waals surface area (Å²) >= 11 is 3.70. The molecule has 1 aromatic heterocycles. The zero-order chi connectivity index (χ0) is 15.0. The largest absolute Gasteiger partial charge is 0.319 e. The Morgan fingerprint density at radius 3 is 2.76 bits per heavy atom. The van der Waals surface area contributed by atoms with Crippen molar-refractivity contribution in [1.29, 1.82) is 0 Å². The molecule has 2 aromatic carbocycles. The van der Waals surface area contributed by atoms with Gasteiger partial charge in [0.25, 0.3) is 5.91 Å². The van der Waals surface area contributed by atoms with E-state index in [1.165, 1.54) is 16.9 Å². The number of hydrogen-bond acceptors (Lipinski definition) is 2. The minimum Gasteiger partial charge on any atom is -0.319 e. The van der Waals surface area contributed by atoms with Crippen LogP contribution in [0.15, 0.2) is 47.5 Å². The van der Waals surface area contributed by atoms with Crippen LogP contribution in [0.5, 0.6) is 0 Å². The second kappa shape index (κ2) is 5.73. The number of aromatic nitrogens is 1. The average Bonchev–Trinajstić information content (AvgIpc) is 2.75. The van der Waals surface area contributed by atoms with Crippen LogP contribution in [0.1, 0.15) is 15.9 Å². The second-order valence-corrected chi connectivity index (χ2v) is 6.98. The van der Waals surface area contributed by atoms with Crippen LogP contribution in [0.25, 0.3) is 10.2 Å². The van der Waals surface area contributed by atoms with Gasteiger partial charge in [0.2, 0.25) is 0 Å². The number of thiazole rings is 1. The molecule has 0 aliphatic rings. The van der Waals surface area contributed by atoms with Crippen LogP contribution in [0.3, 0.4) is 0 Å². The van der Waals surface area contributed by atoms with Gasteiger partial charge in [-0.2, -0.15) is 4.99 Å². The summed E-state index contributed by atoms with van der Waals surface area (Å²) < 4.78 is 4.03. The Labute approximate surface area is 140 Å². The summed E-state index contributed by atoms with van der Waals surface area (Å²) in [5.74, 6) is -0.195. The van der Waals surface area contributed by atoms with E-state index in [9.17, 15) is 4.79 Å². The highest BCUT2D eigenvalue weighted by atomic mass is 127. The van der Waals surface area contributed by atoms with Gasteiger partial charge in [0, 0.05) is 10.6 Å². The lowest BCUT2D eigenvalue weighted by molar-refractivity contribution is 0.0997. The van der Waals surface area contributed by atoms with Crippen LogP contribution in [-0.4, -0.2) is 10.5 Å². The molecular formula is C16H13IN2OS. The Kier molecular flexibility index (Phi) is 3.95. The van der Waals surface area contributed by atoms with Gasteiger partial charge in [0.15, 0.2) is 4.80 Å². The molecule has 3 rings (SSSR count). The molecule has 106 valence electrons. The first kappa shape index (κ1) is 14.5. The zero-order valence-corrected chi connectivity index (χ0v) is 14.6. The standard InChI is InChI=1S/C16H13IN2OS/c1-10-7-8-13-14(9-10)21-16(19(13)2)18-15(20)11-5-3-4-6-12(11)17/h3-9H,1-2H3. The zero-order valence-electron chi connectivity index (χ0n) is 11.6. The van der Waals surface area contributed by atoms with E-state index in [4.69, 9.17) is 0 Å². The second-order valence-electron chi connectivity index (χ2n) is 4.81. The molecule has 1 amide bonds. The van der Waals surface area contributed by atoms with Gasteiger partial charge >= 0.3 is 0 Å². The first-order valence-corrected chi connectivity index (χ1v) is 8.35. The molecule has 3 aromatic rings. The fourth-order valence-corrected chi connectivity index (χ4v) is 3.86. The van der Waals surface area contributed by atoms with Crippen molar-refractivity contribution in [3.05, 3.63) is 62.0 Å². The van der Waals surface area contributed by atoms with E-state index in [0.29, 0.717) is 5.56 Å². The first-order valence-electron chi connectivity index (χ1n) is 6.46. The fraction of sp³-hybridized carbons (Fsp3) is 0.125. The third kappa shape index (κ3) is 2.80. The number of nitrogens with zero attached hydrogens (tertiary/aromatic N) is 2. The number of carbonyl (C=O) groups excluding carboxylic acids is 1. The summed E-state index contributed by atoms with van der Waals surface area (Å²) in [5.41, 5.74) is 2.95. The topological polar surface area (TPSA) is 34.4 Å². The quantitative estimate of drug-likeness (QED) is 0.563. The molecule has 0 fully saturated rings. The minimum absolute atomic E-state index is 0.195. The highest BCUT2D eigenvalue weighted by molar-refractivity contribution is 14.1. The van der Waals surface area contributed by atoms with Gasteiger partial charge < -0.3 is 4.57 Å². The van der Waals surface area contributed by atoms with E-state index in [1.807, 2.05) is 35.9 Å². The number of fused-ring (bicyclic) bond motifs is 1. The van der Waals surface area contributed by atoms with E-state index in [2.05, 4.69) is 52.7 Å². The van der Waals surface area contributed by atoms with E-state index >= 15 is 0 Å². The van der Waals surface area contributed by atoms with Crippen molar-refractivity contribution >= 4 is 50.1 Å². The highest BCUT2D eigenvalue weighted by Crippen LogP contribution is 2.18. The van der Waals surface area contributed by atoms with Crippen molar-refractivity contribution in [3.63, 3.8) is 0 Å². The van der Waals surface area contributed by atoms with Crippen LogP contribution in [-0.2, 0) is 7.05 Å². The fourth-order valence-electron chi connectivity index (χ4n) is 2.13. The molecular weight excluding hydrogens is 395 g/mol. The molecule has 0 bridgehead atoms.